The molecule has 2 aromatic heterocycles. The number of nitrogens with one attached hydrogen (secondary N) is 2. The molecule has 0 unspecified atom stereocenters. The second kappa shape index (κ2) is 10.6. The molecule has 1 aromatic carbocycles. The summed E-state index contributed by atoms with van der Waals surface area (Å²) in [6, 6.07) is 7.32. The van der Waals surface area contributed by atoms with Crippen LogP contribution < -0.4 is 16.0 Å². The number of hydrogen-bond donors (Lipinski definition) is 2. The maximum absolute atomic E-state index is 12.4. The molecule has 1 aliphatic heterocycles. The summed E-state index contributed by atoms with van der Waals surface area (Å²) >= 11 is 0. The Bertz CT molecular complexity index is 1340. The summed E-state index contributed by atoms with van der Waals surface area (Å²) in [4.78, 5) is 33.4. The summed E-state index contributed by atoms with van der Waals surface area (Å²) in [6.07, 6.45) is 2.12. The molecule has 1 aliphatic rings. The minimum atomic E-state index is -3.37. The first kappa shape index (κ1) is 24.3. The van der Waals surface area contributed by atoms with E-state index < -0.39 is 21.3 Å². The van der Waals surface area contributed by atoms with Crippen LogP contribution in [0.4, 0.5) is 0 Å². The molecule has 34 heavy (non-hydrogen) atoms. The average Bonchev–Trinajstić information content (AvgIpc) is 3.27. The first-order valence-electron chi connectivity index (χ1n) is 11.4. The third-order valence-corrected chi connectivity index (χ3v) is 7.36. The van der Waals surface area contributed by atoms with Gasteiger partial charge in [0.05, 0.1) is 31.8 Å². The van der Waals surface area contributed by atoms with E-state index in [0.717, 1.165) is 30.8 Å². The summed E-state index contributed by atoms with van der Waals surface area (Å²) in [5, 5.41) is 0. The molecule has 0 atom stereocenters. The van der Waals surface area contributed by atoms with Gasteiger partial charge < -0.3 is 9.30 Å². The Labute approximate surface area is 197 Å². The zero-order chi connectivity index (χ0) is 24.1. The lowest BCUT2D eigenvalue weighted by molar-refractivity contribution is 0.0381. The summed E-state index contributed by atoms with van der Waals surface area (Å²) in [5.41, 5.74) is 1.37. The van der Waals surface area contributed by atoms with Gasteiger partial charge in [0.1, 0.15) is 0 Å². The van der Waals surface area contributed by atoms with Crippen LogP contribution >= 0.6 is 0 Å². The number of sulfonamides is 1. The van der Waals surface area contributed by atoms with E-state index in [9.17, 15) is 18.0 Å². The van der Waals surface area contributed by atoms with Gasteiger partial charge >= 0.3 is 5.69 Å². The quantitative estimate of drug-likeness (QED) is 0.412. The highest BCUT2D eigenvalue weighted by Gasteiger charge is 2.15. The SMILES string of the molecule is CCn1cnc2c1c(=O)[nH]c(=O)n2Cc1ccc(CNS(=O)(=O)CCCN2CCOCC2)cc1. The van der Waals surface area contributed by atoms with Gasteiger partial charge in [0.15, 0.2) is 11.2 Å². The van der Waals surface area contributed by atoms with Crippen molar-refractivity contribution in [2.75, 3.05) is 38.6 Å². The Morgan fingerprint density at radius 2 is 1.82 bits per heavy atom. The Balaban J connectivity index is 1.35. The van der Waals surface area contributed by atoms with Gasteiger partial charge in [-0.2, -0.15) is 0 Å². The lowest BCUT2D eigenvalue weighted by atomic mass is 10.1. The number of imidazole rings is 1. The molecule has 4 rings (SSSR count). The maximum Gasteiger partial charge on any atom is 0.330 e. The van der Waals surface area contributed by atoms with Crippen molar-refractivity contribution < 1.29 is 13.2 Å². The van der Waals surface area contributed by atoms with Gasteiger partial charge in [-0.1, -0.05) is 24.3 Å². The fourth-order valence-electron chi connectivity index (χ4n) is 4.02. The normalized spacial score (nSPS) is 15.2. The van der Waals surface area contributed by atoms with E-state index in [-0.39, 0.29) is 18.8 Å². The van der Waals surface area contributed by atoms with Gasteiger partial charge in [0, 0.05) is 26.2 Å². The van der Waals surface area contributed by atoms with Gasteiger partial charge in [-0.25, -0.2) is 22.9 Å². The smallest absolute Gasteiger partial charge is 0.330 e. The molecular formula is C22H30N6O5S. The van der Waals surface area contributed by atoms with Gasteiger partial charge in [0.25, 0.3) is 5.56 Å². The Kier molecular flexibility index (Phi) is 7.61. The molecule has 3 heterocycles. The van der Waals surface area contributed by atoms with Crippen molar-refractivity contribution in [2.45, 2.75) is 33.0 Å². The Hall–Kier alpha value is -2.80. The molecule has 0 bridgehead atoms. The first-order chi connectivity index (χ1) is 16.4. The van der Waals surface area contributed by atoms with Crippen molar-refractivity contribution in [3.63, 3.8) is 0 Å². The van der Waals surface area contributed by atoms with Crippen molar-refractivity contribution in [3.8, 4) is 0 Å². The number of benzene rings is 1. The second-order valence-corrected chi connectivity index (χ2v) is 10.2. The van der Waals surface area contributed by atoms with Crippen LogP contribution in [-0.2, 0) is 34.4 Å². The van der Waals surface area contributed by atoms with Crippen LogP contribution in [0.2, 0.25) is 0 Å². The lowest BCUT2D eigenvalue weighted by Gasteiger charge is -2.26. The Morgan fingerprint density at radius 3 is 2.53 bits per heavy atom. The minimum absolute atomic E-state index is 0.0813. The molecule has 3 aromatic rings. The van der Waals surface area contributed by atoms with E-state index in [1.807, 2.05) is 31.2 Å². The molecule has 0 spiro atoms. The Morgan fingerprint density at radius 1 is 1.12 bits per heavy atom. The molecule has 1 fully saturated rings. The summed E-state index contributed by atoms with van der Waals surface area (Å²) in [7, 11) is -3.37. The third-order valence-electron chi connectivity index (χ3n) is 5.95. The van der Waals surface area contributed by atoms with Crippen molar-refractivity contribution >= 4 is 21.2 Å². The van der Waals surface area contributed by atoms with E-state index in [0.29, 0.717) is 37.3 Å². The summed E-state index contributed by atoms with van der Waals surface area (Å²) in [5.74, 6) is 0.0813. The number of ether oxygens (including phenoxy) is 1. The van der Waals surface area contributed by atoms with Crippen LogP contribution in [0.25, 0.3) is 11.2 Å². The van der Waals surface area contributed by atoms with E-state index in [4.69, 9.17) is 4.74 Å². The molecule has 0 radical (unpaired) electrons. The minimum Gasteiger partial charge on any atom is -0.379 e. The van der Waals surface area contributed by atoms with Gasteiger partial charge in [-0.05, 0) is 31.0 Å². The number of nitrogens with zero attached hydrogens (tertiary/aromatic N) is 4. The maximum atomic E-state index is 12.4. The number of hydrogen-bond acceptors (Lipinski definition) is 7. The fourth-order valence-corrected chi connectivity index (χ4v) is 5.06. The third kappa shape index (κ3) is 5.81. The van der Waals surface area contributed by atoms with Crippen LogP contribution in [0, 0.1) is 0 Å². The van der Waals surface area contributed by atoms with Gasteiger partial charge in [-0.15, -0.1) is 0 Å². The van der Waals surface area contributed by atoms with Gasteiger partial charge in [0.2, 0.25) is 10.0 Å². The van der Waals surface area contributed by atoms with E-state index >= 15 is 0 Å². The molecular weight excluding hydrogens is 460 g/mol. The fraction of sp³-hybridized carbons (Fsp3) is 0.500. The van der Waals surface area contributed by atoms with Crippen LogP contribution in [0.5, 0.6) is 0 Å². The average molecular weight is 491 g/mol. The summed E-state index contributed by atoms with van der Waals surface area (Å²) < 4.78 is 35.8. The topological polar surface area (TPSA) is 131 Å². The van der Waals surface area contributed by atoms with Crippen molar-refractivity contribution in [1.82, 2.24) is 28.7 Å². The molecule has 0 saturated carbocycles. The van der Waals surface area contributed by atoms with Crippen LogP contribution in [0.3, 0.4) is 0 Å². The monoisotopic (exact) mass is 490 g/mol. The van der Waals surface area contributed by atoms with Crippen LogP contribution in [-0.4, -0.2) is 71.0 Å². The first-order valence-corrected chi connectivity index (χ1v) is 13.0. The second-order valence-electron chi connectivity index (χ2n) is 8.31. The number of H-pyrrole nitrogens is 1. The van der Waals surface area contributed by atoms with E-state index in [2.05, 4.69) is 19.6 Å². The highest BCUT2D eigenvalue weighted by molar-refractivity contribution is 7.89. The lowest BCUT2D eigenvalue weighted by Crippen LogP contribution is -2.38. The molecule has 11 nitrogen and oxygen atoms in total. The van der Waals surface area contributed by atoms with Crippen LogP contribution in [0.1, 0.15) is 24.5 Å². The van der Waals surface area contributed by atoms with Crippen LogP contribution in [0.15, 0.2) is 40.2 Å². The largest absolute Gasteiger partial charge is 0.379 e. The predicted octanol–water partition coefficient (Wildman–Crippen LogP) is 0.0962. The number of fused-ring (bicyclic) bond motifs is 1. The molecule has 184 valence electrons. The standard InChI is InChI=1S/C22H30N6O5S/c1-2-27-16-23-20-19(27)21(29)25-22(30)28(20)15-18-6-4-17(5-7-18)14-24-34(31,32)13-3-8-26-9-11-33-12-10-26/h4-7,16,24H,2-3,8-15H2,1H3,(H,25,29,30). The number of rotatable bonds is 10. The highest BCUT2D eigenvalue weighted by atomic mass is 32.2. The number of morpholine rings is 1. The zero-order valence-corrected chi connectivity index (χ0v) is 20.0. The van der Waals surface area contributed by atoms with Crippen molar-refractivity contribution in [3.05, 3.63) is 62.6 Å². The predicted molar refractivity (Wildman–Crippen MR) is 128 cm³/mol. The molecule has 1 saturated heterocycles. The summed E-state index contributed by atoms with van der Waals surface area (Å²) in [6.45, 7) is 6.73. The number of aromatic nitrogens is 4. The molecule has 0 amide bonds. The van der Waals surface area contributed by atoms with E-state index in [1.54, 1.807) is 10.9 Å². The molecule has 0 aliphatic carbocycles. The van der Waals surface area contributed by atoms with Gasteiger partial charge in [-0.3, -0.25) is 19.2 Å². The highest BCUT2D eigenvalue weighted by Crippen LogP contribution is 2.11. The molecule has 2 N–H and O–H groups in total. The van der Waals surface area contributed by atoms with E-state index in [1.165, 1.54) is 4.57 Å². The number of aryl methyl sites for hydroxylation is 1. The van der Waals surface area contributed by atoms with Crippen molar-refractivity contribution in [2.24, 2.45) is 0 Å². The zero-order valence-electron chi connectivity index (χ0n) is 19.2. The molecule has 12 heteroatoms. The number of aromatic amines is 1. The van der Waals surface area contributed by atoms with Crippen molar-refractivity contribution in [1.29, 1.82) is 0 Å².